The number of hydrogen-bond acceptors (Lipinski definition) is 2. The second-order valence-corrected chi connectivity index (χ2v) is 3.81. The van der Waals surface area contributed by atoms with Crippen LogP contribution in [0.15, 0.2) is 16.7 Å². The van der Waals surface area contributed by atoms with Gasteiger partial charge >= 0.3 is 0 Å². The van der Waals surface area contributed by atoms with E-state index in [9.17, 15) is 4.79 Å². The molecular weight excluding hydrogens is 232 g/mol. The van der Waals surface area contributed by atoms with Crippen molar-refractivity contribution in [1.82, 2.24) is 9.88 Å². The predicted octanol–water partition coefficient (Wildman–Crippen LogP) is 1.85. The average molecular weight is 243 g/mol. The number of carbonyl (C=O) groups is 1. The zero-order valence-electron chi connectivity index (χ0n) is 7.84. The molecule has 0 radical (unpaired) electrons. The lowest BCUT2D eigenvalue weighted by atomic mass is 10.2. The van der Waals surface area contributed by atoms with Gasteiger partial charge in [-0.25, -0.2) is 4.98 Å². The quantitative estimate of drug-likeness (QED) is 0.705. The van der Waals surface area contributed by atoms with Gasteiger partial charge in [0, 0.05) is 14.1 Å². The summed E-state index contributed by atoms with van der Waals surface area (Å²) in [4.78, 5) is 17.2. The van der Waals surface area contributed by atoms with Crippen LogP contribution in [0.4, 0.5) is 0 Å². The Morgan fingerprint density at radius 3 is 2.62 bits per heavy atom. The Kier molecular flexibility index (Phi) is 3.03. The monoisotopic (exact) mass is 242 g/mol. The Morgan fingerprint density at radius 2 is 2.08 bits per heavy atom. The Morgan fingerprint density at radius 1 is 1.46 bits per heavy atom. The number of aromatic nitrogens is 1. The van der Waals surface area contributed by atoms with Crippen LogP contribution < -0.4 is 0 Å². The molecule has 0 aliphatic rings. The van der Waals surface area contributed by atoms with Crippen molar-refractivity contribution in [1.29, 1.82) is 0 Å². The van der Waals surface area contributed by atoms with Gasteiger partial charge in [0.15, 0.2) is 0 Å². The second-order valence-electron chi connectivity index (χ2n) is 3.00. The Hall–Kier alpha value is -0.900. The normalized spacial score (nSPS) is 9.85. The molecule has 0 aromatic carbocycles. The van der Waals surface area contributed by atoms with Gasteiger partial charge in [-0.05, 0) is 34.5 Å². The maximum Gasteiger partial charge on any atom is 0.272 e. The van der Waals surface area contributed by atoms with Crippen molar-refractivity contribution < 1.29 is 4.79 Å². The number of pyridine rings is 1. The maximum absolute atomic E-state index is 11.6. The molecule has 1 amide bonds. The molecule has 1 rings (SSSR count). The fraction of sp³-hybridized carbons (Fsp3) is 0.333. The topological polar surface area (TPSA) is 33.2 Å². The van der Waals surface area contributed by atoms with Crippen molar-refractivity contribution in [2.45, 2.75) is 6.92 Å². The third-order valence-electron chi connectivity index (χ3n) is 1.67. The summed E-state index contributed by atoms with van der Waals surface area (Å²) >= 11 is 3.23. The first kappa shape index (κ1) is 10.2. The predicted molar refractivity (Wildman–Crippen MR) is 54.7 cm³/mol. The maximum atomic E-state index is 11.6. The Bertz CT molecular complexity index is 336. The van der Waals surface area contributed by atoms with Crippen LogP contribution in [0.3, 0.4) is 0 Å². The molecule has 0 saturated carbocycles. The van der Waals surface area contributed by atoms with Crippen LogP contribution in [0.25, 0.3) is 0 Å². The molecule has 0 N–H and O–H groups in total. The molecule has 13 heavy (non-hydrogen) atoms. The molecule has 1 aromatic heterocycles. The van der Waals surface area contributed by atoms with Gasteiger partial charge in [-0.2, -0.15) is 0 Å². The number of halogens is 1. The molecule has 0 fully saturated rings. The van der Waals surface area contributed by atoms with Crippen LogP contribution in [0.5, 0.6) is 0 Å². The van der Waals surface area contributed by atoms with E-state index in [0.717, 1.165) is 5.56 Å². The van der Waals surface area contributed by atoms with E-state index in [1.54, 1.807) is 14.1 Å². The highest BCUT2D eigenvalue weighted by atomic mass is 79.9. The first-order valence-corrected chi connectivity index (χ1v) is 4.66. The third-order valence-corrected chi connectivity index (χ3v) is 2.11. The van der Waals surface area contributed by atoms with Crippen molar-refractivity contribution in [2.24, 2.45) is 0 Å². The van der Waals surface area contributed by atoms with Crippen molar-refractivity contribution in [3.8, 4) is 0 Å². The fourth-order valence-electron chi connectivity index (χ4n) is 0.933. The van der Waals surface area contributed by atoms with Crippen LogP contribution in [0.1, 0.15) is 16.1 Å². The highest BCUT2D eigenvalue weighted by Gasteiger charge is 2.12. The zero-order chi connectivity index (χ0) is 10.0. The van der Waals surface area contributed by atoms with Gasteiger partial charge in [0.1, 0.15) is 10.3 Å². The van der Waals surface area contributed by atoms with E-state index in [2.05, 4.69) is 20.9 Å². The summed E-state index contributed by atoms with van der Waals surface area (Å²) in [5.74, 6) is -0.0706. The van der Waals surface area contributed by atoms with Crippen molar-refractivity contribution >= 4 is 21.8 Å². The van der Waals surface area contributed by atoms with Gasteiger partial charge in [-0.15, -0.1) is 0 Å². The van der Waals surface area contributed by atoms with Gasteiger partial charge in [-0.3, -0.25) is 4.79 Å². The number of carbonyl (C=O) groups excluding carboxylic acids is 1. The highest BCUT2D eigenvalue weighted by Crippen LogP contribution is 2.12. The van der Waals surface area contributed by atoms with Crippen LogP contribution >= 0.6 is 15.9 Å². The molecule has 0 unspecified atom stereocenters. The molecule has 0 spiro atoms. The summed E-state index contributed by atoms with van der Waals surface area (Å²) in [6.45, 7) is 1.87. The van der Waals surface area contributed by atoms with E-state index in [1.807, 2.05) is 19.1 Å². The Labute approximate surface area is 85.9 Å². The van der Waals surface area contributed by atoms with Crippen molar-refractivity contribution in [3.05, 3.63) is 28.0 Å². The van der Waals surface area contributed by atoms with Crippen LogP contribution in [-0.4, -0.2) is 29.9 Å². The lowest BCUT2D eigenvalue weighted by Crippen LogP contribution is -2.23. The molecule has 0 atom stereocenters. The summed E-state index contributed by atoms with van der Waals surface area (Å²) in [5.41, 5.74) is 1.39. The van der Waals surface area contributed by atoms with Crippen molar-refractivity contribution in [2.75, 3.05) is 14.1 Å². The van der Waals surface area contributed by atoms with E-state index in [-0.39, 0.29) is 5.91 Å². The number of amides is 1. The second kappa shape index (κ2) is 3.87. The zero-order valence-corrected chi connectivity index (χ0v) is 9.42. The first-order chi connectivity index (χ1) is 6.02. The van der Waals surface area contributed by atoms with Gasteiger partial charge in [0.25, 0.3) is 5.91 Å². The van der Waals surface area contributed by atoms with Gasteiger partial charge in [0.05, 0.1) is 0 Å². The molecule has 1 heterocycles. The summed E-state index contributed by atoms with van der Waals surface area (Å²) in [6.07, 6.45) is 0. The summed E-state index contributed by atoms with van der Waals surface area (Å²) in [5, 5.41) is 0. The van der Waals surface area contributed by atoms with Gasteiger partial charge in [0.2, 0.25) is 0 Å². The van der Waals surface area contributed by atoms with Crippen LogP contribution in [0.2, 0.25) is 0 Å². The molecule has 1 aromatic rings. The van der Waals surface area contributed by atoms with E-state index in [0.29, 0.717) is 10.3 Å². The summed E-state index contributed by atoms with van der Waals surface area (Å²) in [6, 6.07) is 3.69. The first-order valence-electron chi connectivity index (χ1n) is 3.87. The molecule has 0 bridgehead atoms. The summed E-state index contributed by atoms with van der Waals surface area (Å²) in [7, 11) is 3.43. The number of hydrogen-bond donors (Lipinski definition) is 0. The highest BCUT2D eigenvalue weighted by molar-refractivity contribution is 9.10. The minimum absolute atomic E-state index is 0.0706. The number of rotatable bonds is 1. The largest absolute Gasteiger partial charge is 0.343 e. The Balaban J connectivity index is 3.13. The molecule has 0 aliphatic carbocycles. The van der Waals surface area contributed by atoms with E-state index in [4.69, 9.17) is 0 Å². The van der Waals surface area contributed by atoms with E-state index in [1.165, 1.54) is 4.90 Å². The fourth-order valence-corrected chi connectivity index (χ4v) is 1.24. The number of aryl methyl sites for hydroxylation is 1. The lowest BCUT2D eigenvalue weighted by molar-refractivity contribution is 0.0821. The number of nitrogens with zero attached hydrogens (tertiary/aromatic N) is 2. The SMILES string of the molecule is Cc1ccc(Br)nc1C(=O)N(C)C. The minimum atomic E-state index is -0.0706. The van der Waals surface area contributed by atoms with E-state index < -0.39 is 0 Å². The summed E-state index contributed by atoms with van der Waals surface area (Å²) < 4.78 is 0.684. The lowest BCUT2D eigenvalue weighted by Gasteiger charge is -2.11. The van der Waals surface area contributed by atoms with E-state index >= 15 is 0 Å². The molecular formula is C9H11BrN2O. The van der Waals surface area contributed by atoms with Gasteiger partial charge < -0.3 is 4.90 Å². The molecule has 3 nitrogen and oxygen atoms in total. The van der Waals surface area contributed by atoms with Crippen molar-refractivity contribution in [3.63, 3.8) is 0 Å². The molecule has 70 valence electrons. The molecule has 0 saturated heterocycles. The smallest absolute Gasteiger partial charge is 0.272 e. The van der Waals surface area contributed by atoms with Crippen LogP contribution in [-0.2, 0) is 0 Å². The average Bonchev–Trinajstić information content (AvgIpc) is 2.08. The molecule has 0 aliphatic heterocycles. The molecule has 4 heteroatoms. The third kappa shape index (κ3) is 2.28. The standard InChI is InChI=1S/C9H11BrN2O/c1-6-4-5-7(10)11-8(6)9(13)12(2)3/h4-5H,1-3H3. The van der Waals surface area contributed by atoms with Gasteiger partial charge in [-0.1, -0.05) is 6.07 Å². The minimum Gasteiger partial charge on any atom is -0.343 e. The van der Waals surface area contributed by atoms with Crippen LogP contribution in [0, 0.1) is 6.92 Å².